The number of amides is 1. The van der Waals surface area contributed by atoms with Gasteiger partial charge in [-0.2, -0.15) is 5.10 Å². The van der Waals surface area contributed by atoms with Crippen molar-refractivity contribution in [3.05, 3.63) is 64.7 Å². The number of nitrogens with zero attached hydrogens (tertiary/aromatic N) is 2. The number of hydrogen-bond donors (Lipinski definition) is 1. The molecule has 1 saturated carbocycles. The van der Waals surface area contributed by atoms with Crippen LogP contribution in [0.5, 0.6) is 0 Å². The summed E-state index contributed by atoms with van der Waals surface area (Å²) in [6, 6.07) is 9.10. The summed E-state index contributed by atoms with van der Waals surface area (Å²) in [6.07, 6.45) is 1.77. The molecular formula is C18H15F2N3OS. The number of aromatic nitrogens is 2. The normalized spacial score (nSPS) is 13.8. The van der Waals surface area contributed by atoms with Gasteiger partial charge < -0.3 is 4.90 Å². The van der Waals surface area contributed by atoms with Crippen molar-refractivity contribution in [1.29, 1.82) is 0 Å². The summed E-state index contributed by atoms with van der Waals surface area (Å²) < 4.78 is 27.0. The monoisotopic (exact) mass is 359 g/mol. The molecule has 1 aromatic carbocycles. The van der Waals surface area contributed by atoms with E-state index in [0.29, 0.717) is 11.3 Å². The molecule has 2 heterocycles. The van der Waals surface area contributed by atoms with Gasteiger partial charge in [0.25, 0.3) is 5.91 Å². The average Bonchev–Trinajstić information content (AvgIpc) is 3.10. The van der Waals surface area contributed by atoms with Crippen molar-refractivity contribution >= 4 is 17.2 Å². The fraction of sp³-hybridized carbons (Fsp3) is 0.222. The van der Waals surface area contributed by atoms with Gasteiger partial charge in [0.1, 0.15) is 11.6 Å². The largest absolute Gasteiger partial charge is 0.330 e. The number of rotatable bonds is 5. The zero-order valence-electron chi connectivity index (χ0n) is 13.2. The Bertz CT molecular complexity index is 903. The molecule has 0 saturated heterocycles. The molecule has 0 bridgehead atoms. The SMILES string of the molecule is O=C(c1cc(-c2cccs2)[nH]n1)N(Cc1ccc(F)cc1F)C1CC1. The first kappa shape index (κ1) is 16.0. The van der Waals surface area contributed by atoms with Crippen molar-refractivity contribution < 1.29 is 13.6 Å². The summed E-state index contributed by atoms with van der Waals surface area (Å²) in [4.78, 5) is 15.5. The highest BCUT2D eigenvalue weighted by molar-refractivity contribution is 7.13. The van der Waals surface area contributed by atoms with Crippen LogP contribution in [0.15, 0.2) is 41.8 Å². The Morgan fingerprint density at radius 2 is 2.12 bits per heavy atom. The van der Waals surface area contributed by atoms with Crippen LogP contribution in [-0.2, 0) is 6.54 Å². The first-order valence-electron chi connectivity index (χ1n) is 7.96. The van der Waals surface area contributed by atoms with Gasteiger partial charge in [-0.15, -0.1) is 11.3 Å². The summed E-state index contributed by atoms with van der Waals surface area (Å²) in [6.45, 7) is 0.108. The standard InChI is InChI=1S/C18H15F2N3OS/c19-12-4-3-11(14(20)8-12)10-23(13-5-6-13)18(24)16-9-15(21-22-16)17-2-1-7-25-17/h1-4,7-9,13H,5-6,10H2,(H,21,22). The molecule has 0 atom stereocenters. The molecule has 128 valence electrons. The molecule has 25 heavy (non-hydrogen) atoms. The van der Waals surface area contributed by atoms with Gasteiger partial charge in [0, 0.05) is 24.2 Å². The molecule has 1 aliphatic rings. The van der Waals surface area contributed by atoms with Crippen molar-refractivity contribution in [2.24, 2.45) is 0 Å². The maximum Gasteiger partial charge on any atom is 0.274 e. The Morgan fingerprint density at radius 3 is 2.80 bits per heavy atom. The molecule has 0 radical (unpaired) electrons. The second-order valence-electron chi connectivity index (χ2n) is 6.04. The molecule has 7 heteroatoms. The van der Waals surface area contributed by atoms with E-state index in [4.69, 9.17) is 0 Å². The highest BCUT2D eigenvalue weighted by Gasteiger charge is 2.34. The van der Waals surface area contributed by atoms with Crippen molar-refractivity contribution in [2.45, 2.75) is 25.4 Å². The van der Waals surface area contributed by atoms with Gasteiger partial charge in [-0.05, 0) is 36.4 Å². The maximum atomic E-state index is 14.0. The second-order valence-corrected chi connectivity index (χ2v) is 6.99. The number of nitrogens with one attached hydrogen (secondary N) is 1. The zero-order chi connectivity index (χ0) is 17.4. The topological polar surface area (TPSA) is 49.0 Å². The number of carbonyl (C=O) groups excluding carboxylic acids is 1. The van der Waals surface area contributed by atoms with Crippen molar-refractivity contribution in [2.75, 3.05) is 0 Å². The van der Waals surface area contributed by atoms with Crippen LogP contribution in [-0.4, -0.2) is 27.0 Å². The lowest BCUT2D eigenvalue weighted by atomic mass is 10.1. The van der Waals surface area contributed by atoms with Gasteiger partial charge in [0.15, 0.2) is 5.69 Å². The Morgan fingerprint density at radius 1 is 1.28 bits per heavy atom. The van der Waals surface area contributed by atoms with E-state index in [0.717, 1.165) is 29.5 Å². The van der Waals surface area contributed by atoms with Crippen LogP contribution in [0.1, 0.15) is 28.9 Å². The fourth-order valence-corrected chi connectivity index (χ4v) is 3.42. The Hall–Kier alpha value is -2.54. The molecule has 1 amide bonds. The average molecular weight is 359 g/mol. The highest BCUT2D eigenvalue weighted by atomic mass is 32.1. The molecule has 0 spiro atoms. The number of aromatic amines is 1. The fourth-order valence-electron chi connectivity index (χ4n) is 2.72. The van der Waals surface area contributed by atoms with Gasteiger partial charge in [-0.3, -0.25) is 9.89 Å². The van der Waals surface area contributed by atoms with Crippen molar-refractivity contribution in [3.63, 3.8) is 0 Å². The molecular weight excluding hydrogens is 344 g/mol. The van der Waals surface area contributed by atoms with Crippen molar-refractivity contribution in [1.82, 2.24) is 15.1 Å². The number of benzene rings is 1. The van der Waals surface area contributed by atoms with E-state index >= 15 is 0 Å². The van der Waals surface area contributed by atoms with Gasteiger partial charge in [-0.1, -0.05) is 12.1 Å². The van der Waals surface area contributed by atoms with E-state index in [1.807, 2.05) is 17.5 Å². The van der Waals surface area contributed by atoms with Gasteiger partial charge in [0.2, 0.25) is 0 Å². The summed E-state index contributed by atoms with van der Waals surface area (Å²) in [5.41, 5.74) is 1.38. The lowest BCUT2D eigenvalue weighted by molar-refractivity contribution is 0.0722. The third-order valence-corrected chi connectivity index (χ3v) is 5.09. The van der Waals surface area contributed by atoms with Gasteiger partial charge in [0.05, 0.1) is 10.6 Å². The first-order chi connectivity index (χ1) is 12.1. The lowest BCUT2D eigenvalue weighted by Crippen LogP contribution is -2.33. The highest BCUT2D eigenvalue weighted by Crippen LogP contribution is 2.31. The van der Waals surface area contributed by atoms with E-state index < -0.39 is 11.6 Å². The number of carbonyl (C=O) groups is 1. The van der Waals surface area contributed by atoms with E-state index in [2.05, 4.69) is 10.2 Å². The van der Waals surface area contributed by atoms with E-state index in [1.165, 1.54) is 12.1 Å². The second kappa shape index (κ2) is 6.40. The van der Waals surface area contributed by atoms with Crippen molar-refractivity contribution in [3.8, 4) is 10.6 Å². The summed E-state index contributed by atoms with van der Waals surface area (Å²) in [5, 5.41) is 8.94. The maximum absolute atomic E-state index is 14.0. The molecule has 4 rings (SSSR count). The van der Waals surface area contributed by atoms with E-state index in [-0.39, 0.29) is 18.5 Å². The zero-order valence-corrected chi connectivity index (χ0v) is 14.0. The molecule has 2 aromatic heterocycles. The molecule has 1 fully saturated rings. The Balaban J connectivity index is 1.57. The van der Waals surface area contributed by atoms with Crippen LogP contribution in [0, 0.1) is 11.6 Å². The summed E-state index contributed by atoms with van der Waals surface area (Å²) in [7, 11) is 0. The molecule has 0 aliphatic heterocycles. The molecule has 1 N–H and O–H groups in total. The van der Waals surface area contributed by atoms with Crippen LogP contribution in [0.2, 0.25) is 0 Å². The minimum Gasteiger partial charge on any atom is -0.330 e. The number of halogens is 2. The first-order valence-corrected chi connectivity index (χ1v) is 8.84. The van der Waals surface area contributed by atoms with Crippen LogP contribution in [0.4, 0.5) is 8.78 Å². The van der Waals surface area contributed by atoms with Crippen LogP contribution in [0.3, 0.4) is 0 Å². The quantitative estimate of drug-likeness (QED) is 0.741. The lowest BCUT2D eigenvalue weighted by Gasteiger charge is -2.21. The number of thiophene rings is 1. The third-order valence-electron chi connectivity index (χ3n) is 4.19. The van der Waals surface area contributed by atoms with Crippen LogP contribution < -0.4 is 0 Å². The number of hydrogen-bond acceptors (Lipinski definition) is 3. The molecule has 4 nitrogen and oxygen atoms in total. The minimum absolute atomic E-state index is 0.0823. The summed E-state index contributed by atoms with van der Waals surface area (Å²) in [5.74, 6) is -1.51. The minimum atomic E-state index is -0.639. The predicted molar refractivity (Wildman–Crippen MR) is 91.2 cm³/mol. The summed E-state index contributed by atoms with van der Waals surface area (Å²) >= 11 is 1.55. The Labute approximate surface area is 147 Å². The van der Waals surface area contributed by atoms with Crippen LogP contribution in [0.25, 0.3) is 10.6 Å². The van der Waals surface area contributed by atoms with Gasteiger partial charge in [-0.25, -0.2) is 8.78 Å². The van der Waals surface area contributed by atoms with Gasteiger partial charge >= 0.3 is 0 Å². The number of H-pyrrole nitrogens is 1. The molecule has 1 aliphatic carbocycles. The third kappa shape index (κ3) is 3.32. The van der Waals surface area contributed by atoms with E-state index in [9.17, 15) is 13.6 Å². The van der Waals surface area contributed by atoms with Crippen LogP contribution >= 0.6 is 11.3 Å². The Kier molecular flexibility index (Phi) is 4.09. The molecule has 3 aromatic rings. The van der Waals surface area contributed by atoms with E-state index in [1.54, 1.807) is 22.3 Å². The smallest absolute Gasteiger partial charge is 0.274 e. The predicted octanol–water partition coefficient (Wildman–Crippen LogP) is 4.22. The molecule has 0 unspecified atom stereocenters.